The monoisotopic (exact) mass is 311 g/mol. The second kappa shape index (κ2) is 6.42. The Bertz CT molecular complexity index is 726. The Hall–Kier alpha value is -2.33. The molecule has 23 heavy (non-hydrogen) atoms. The van der Waals surface area contributed by atoms with Gasteiger partial charge in [0.1, 0.15) is 12.4 Å². The van der Waals surface area contributed by atoms with Gasteiger partial charge in [-0.25, -0.2) is 0 Å². The van der Waals surface area contributed by atoms with Crippen molar-refractivity contribution < 1.29 is 14.3 Å². The van der Waals surface area contributed by atoms with E-state index >= 15 is 0 Å². The second-order valence-corrected chi connectivity index (χ2v) is 5.83. The van der Waals surface area contributed by atoms with Crippen LogP contribution in [0.2, 0.25) is 0 Å². The second-order valence-electron chi connectivity index (χ2n) is 5.83. The Morgan fingerprint density at radius 2 is 1.91 bits per heavy atom. The molecule has 0 N–H and O–H groups in total. The van der Waals surface area contributed by atoms with Crippen LogP contribution in [-0.2, 0) is 9.53 Å². The molecule has 4 nitrogen and oxygen atoms in total. The first kappa shape index (κ1) is 15.6. The van der Waals surface area contributed by atoms with Gasteiger partial charge in [0, 0.05) is 12.1 Å². The van der Waals surface area contributed by atoms with Gasteiger partial charge in [-0.15, -0.1) is 0 Å². The molecule has 0 fully saturated rings. The predicted octanol–water partition coefficient (Wildman–Crippen LogP) is 2.91. The largest absolute Gasteiger partial charge is 0.492 e. The lowest BCUT2D eigenvalue weighted by atomic mass is 9.95. The quantitative estimate of drug-likeness (QED) is 0.810. The summed E-state index contributed by atoms with van der Waals surface area (Å²) >= 11 is 0. The normalized spacial score (nSPS) is 15.7. The molecule has 0 atom stereocenters. The van der Waals surface area contributed by atoms with Gasteiger partial charge < -0.3 is 14.4 Å². The Labute approximate surface area is 136 Å². The summed E-state index contributed by atoms with van der Waals surface area (Å²) in [5.41, 5.74) is 3.76. The summed E-state index contributed by atoms with van der Waals surface area (Å²) < 4.78 is 11.2. The highest BCUT2D eigenvalue weighted by molar-refractivity contribution is 6.25. The van der Waals surface area contributed by atoms with Crippen molar-refractivity contribution in [3.05, 3.63) is 52.8 Å². The van der Waals surface area contributed by atoms with E-state index in [1.807, 2.05) is 51.4 Å². The number of hydrogen-bond acceptors (Lipinski definition) is 4. The highest BCUT2D eigenvalue weighted by Crippen LogP contribution is 2.40. The van der Waals surface area contributed by atoms with Crippen LogP contribution in [0.5, 0.6) is 5.75 Å². The molecule has 0 aromatic heterocycles. The van der Waals surface area contributed by atoms with E-state index in [2.05, 4.69) is 4.90 Å². The van der Waals surface area contributed by atoms with E-state index in [9.17, 15) is 4.79 Å². The van der Waals surface area contributed by atoms with Gasteiger partial charge in [-0.1, -0.05) is 6.07 Å². The molecule has 0 radical (unpaired) electrons. The van der Waals surface area contributed by atoms with Crippen LogP contribution in [-0.4, -0.2) is 44.5 Å². The average Bonchev–Trinajstić information content (AvgIpc) is 2.88. The number of carbonyl (C=O) groups is 1. The van der Waals surface area contributed by atoms with Crippen LogP contribution in [0.4, 0.5) is 0 Å². The van der Waals surface area contributed by atoms with E-state index in [1.54, 1.807) is 6.08 Å². The molecule has 0 heterocycles. The fourth-order valence-electron chi connectivity index (χ4n) is 2.72. The van der Waals surface area contributed by atoms with E-state index in [-0.39, 0.29) is 5.78 Å². The lowest BCUT2D eigenvalue weighted by Gasteiger charge is -2.14. The highest BCUT2D eigenvalue weighted by atomic mass is 16.5. The number of nitrogens with zero attached hydrogens (tertiary/aromatic N) is 1. The van der Waals surface area contributed by atoms with Crippen LogP contribution in [0, 0.1) is 0 Å². The van der Waals surface area contributed by atoms with Gasteiger partial charge in [-0.3, -0.25) is 4.79 Å². The first-order chi connectivity index (χ1) is 11.1. The molecule has 3 rings (SSSR count). The first-order valence-corrected chi connectivity index (χ1v) is 7.83. The molecule has 1 aromatic rings. The molecule has 0 unspecified atom stereocenters. The van der Waals surface area contributed by atoms with Crippen LogP contribution in [0.1, 0.15) is 18.1 Å². The van der Waals surface area contributed by atoms with Crippen LogP contribution in [0.15, 0.2) is 41.7 Å². The molecular weight excluding hydrogens is 290 g/mol. The maximum atomic E-state index is 12.5. The van der Waals surface area contributed by atoms with Gasteiger partial charge in [-0.2, -0.15) is 0 Å². The number of benzene rings is 1. The summed E-state index contributed by atoms with van der Waals surface area (Å²) in [7, 11) is 4.03. The van der Waals surface area contributed by atoms with Crippen molar-refractivity contribution >= 4 is 17.4 Å². The van der Waals surface area contributed by atoms with Crippen LogP contribution >= 0.6 is 0 Å². The van der Waals surface area contributed by atoms with E-state index in [0.717, 1.165) is 29.0 Å². The number of ether oxygens (including phenoxy) is 2. The Morgan fingerprint density at radius 1 is 1.09 bits per heavy atom. The standard InChI is InChI=1S/C19H21NO3/c1-4-22-18-8-7-16-15-6-5-14(23-10-9-20(2)3)11-13(15)12-17(16)19(18)21/h5-8,11-12H,4,9-10H2,1-3H3. The lowest BCUT2D eigenvalue weighted by molar-refractivity contribution is -0.115. The minimum atomic E-state index is -0.0457. The number of Topliss-reactive ketones (excluding diaryl/α,β-unsaturated/α-hetero) is 1. The van der Waals surface area contributed by atoms with Gasteiger partial charge in [0.2, 0.25) is 5.78 Å². The molecule has 0 saturated heterocycles. The molecule has 0 aliphatic heterocycles. The third-order valence-corrected chi connectivity index (χ3v) is 3.88. The highest BCUT2D eigenvalue weighted by Gasteiger charge is 2.29. The van der Waals surface area contributed by atoms with Crippen molar-refractivity contribution in [1.82, 2.24) is 4.90 Å². The van der Waals surface area contributed by atoms with Crippen molar-refractivity contribution in [1.29, 1.82) is 0 Å². The van der Waals surface area contributed by atoms with E-state index in [0.29, 0.717) is 24.5 Å². The molecule has 0 saturated carbocycles. The van der Waals surface area contributed by atoms with Gasteiger partial charge in [0.15, 0.2) is 5.76 Å². The average molecular weight is 311 g/mol. The van der Waals surface area contributed by atoms with Crippen molar-refractivity contribution in [3.8, 4) is 5.75 Å². The van der Waals surface area contributed by atoms with E-state index < -0.39 is 0 Å². The van der Waals surface area contributed by atoms with Crippen LogP contribution in [0.3, 0.4) is 0 Å². The summed E-state index contributed by atoms with van der Waals surface area (Å²) in [6, 6.07) is 5.96. The van der Waals surface area contributed by atoms with Gasteiger partial charge >= 0.3 is 0 Å². The maximum absolute atomic E-state index is 12.5. The van der Waals surface area contributed by atoms with Gasteiger partial charge in [0.05, 0.1) is 6.61 Å². The molecule has 120 valence electrons. The van der Waals surface area contributed by atoms with Gasteiger partial charge in [0.25, 0.3) is 0 Å². The molecule has 4 heteroatoms. The predicted molar refractivity (Wildman–Crippen MR) is 91.2 cm³/mol. The zero-order chi connectivity index (χ0) is 16.4. The molecular formula is C19H21NO3. The number of carbonyl (C=O) groups excluding carboxylic acids is 1. The topological polar surface area (TPSA) is 38.8 Å². The summed E-state index contributed by atoms with van der Waals surface area (Å²) in [6.07, 6.45) is 5.64. The number of fused-ring (bicyclic) bond motifs is 3. The number of ketones is 1. The van der Waals surface area contributed by atoms with Crippen LogP contribution < -0.4 is 4.74 Å². The third-order valence-electron chi connectivity index (χ3n) is 3.88. The summed E-state index contributed by atoms with van der Waals surface area (Å²) in [6.45, 7) is 3.87. The smallest absolute Gasteiger partial charge is 0.228 e. The number of likely N-dealkylation sites (N-methyl/N-ethyl adjacent to an activating group) is 1. The molecule has 1 aromatic carbocycles. The molecule has 0 amide bonds. The zero-order valence-corrected chi connectivity index (χ0v) is 13.8. The zero-order valence-electron chi connectivity index (χ0n) is 13.8. The third kappa shape index (κ3) is 3.08. The summed E-state index contributed by atoms with van der Waals surface area (Å²) in [5, 5.41) is 0. The minimum Gasteiger partial charge on any atom is -0.492 e. The fraction of sp³-hybridized carbons (Fsp3) is 0.316. The first-order valence-electron chi connectivity index (χ1n) is 7.83. The molecule has 2 aliphatic rings. The number of hydrogen-bond donors (Lipinski definition) is 0. The van der Waals surface area contributed by atoms with E-state index in [1.165, 1.54) is 0 Å². The Balaban J connectivity index is 1.82. The van der Waals surface area contributed by atoms with Crippen molar-refractivity contribution in [3.63, 3.8) is 0 Å². The molecule has 2 aliphatic carbocycles. The number of allylic oxidation sites excluding steroid dienone is 4. The van der Waals surface area contributed by atoms with Crippen molar-refractivity contribution in [2.24, 2.45) is 0 Å². The Kier molecular flexibility index (Phi) is 4.35. The van der Waals surface area contributed by atoms with Crippen LogP contribution in [0.25, 0.3) is 11.6 Å². The summed E-state index contributed by atoms with van der Waals surface area (Å²) in [4.78, 5) is 14.5. The Morgan fingerprint density at radius 3 is 2.65 bits per heavy atom. The summed E-state index contributed by atoms with van der Waals surface area (Å²) in [5.74, 6) is 1.19. The fourth-order valence-corrected chi connectivity index (χ4v) is 2.72. The SMILES string of the molecule is CCOC1=CC=C2C(=Cc3cc(OCCN(C)C)ccc32)C1=O. The van der Waals surface area contributed by atoms with Crippen molar-refractivity contribution in [2.75, 3.05) is 33.9 Å². The van der Waals surface area contributed by atoms with Gasteiger partial charge in [-0.05, 0) is 68.1 Å². The van der Waals surface area contributed by atoms with E-state index in [4.69, 9.17) is 9.47 Å². The molecule has 0 bridgehead atoms. The number of rotatable bonds is 6. The minimum absolute atomic E-state index is 0.0457. The van der Waals surface area contributed by atoms with Crippen molar-refractivity contribution in [2.45, 2.75) is 6.92 Å². The molecule has 0 spiro atoms. The maximum Gasteiger partial charge on any atom is 0.228 e. The lowest BCUT2D eigenvalue weighted by Crippen LogP contribution is -2.19.